The van der Waals surface area contributed by atoms with E-state index >= 15 is 0 Å². The van der Waals surface area contributed by atoms with Crippen molar-refractivity contribution in [1.29, 1.82) is 0 Å². The molecule has 1 aromatic carbocycles. The van der Waals surface area contributed by atoms with Gasteiger partial charge in [-0.05, 0) is 36.3 Å². The molecule has 5 heteroatoms. The van der Waals surface area contributed by atoms with Crippen LogP contribution in [0.3, 0.4) is 0 Å². The number of amides is 1. The van der Waals surface area contributed by atoms with E-state index in [4.69, 9.17) is 0 Å². The third kappa shape index (κ3) is 4.09. The van der Waals surface area contributed by atoms with Gasteiger partial charge in [0.2, 0.25) is 5.91 Å². The lowest BCUT2D eigenvalue weighted by Crippen LogP contribution is -2.32. The molecule has 0 aliphatic carbocycles. The summed E-state index contributed by atoms with van der Waals surface area (Å²) < 4.78 is 22.4. The molecule has 1 aliphatic rings. The summed E-state index contributed by atoms with van der Waals surface area (Å²) in [4.78, 5) is 14.4. The molecule has 0 atom stereocenters. The summed E-state index contributed by atoms with van der Waals surface area (Å²) in [7, 11) is -3.01. The maximum atomic E-state index is 12.5. The summed E-state index contributed by atoms with van der Waals surface area (Å²) in [6, 6.07) is 8.06. The Bertz CT molecular complexity index is 650. The molecule has 1 aromatic rings. The van der Waals surface area contributed by atoms with Crippen molar-refractivity contribution in [2.24, 2.45) is 0 Å². The second-order valence-electron chi connectivity index (χ2n) is 6.78. The normalized spacial score (nSPS) is 17.7. The molecule has 1 amide bonds. The van der Waals surface area contributed by atoms with Crippen molar-refractivity contribution in [3.8, 4) is 0 Å². The number of sulfone groups is 1. The zero-order valence-corrected chi connectivity index (χ0v) is 14.4. The third-order valence-corrected chi connectivity index (χ3v) is 5.34. The molecule has 0 spiro atoms. The Morgan fingerprint density at radius 1 is 1.27 bits per heavy atom. The number of fused-ring (bicyclic) bond motifs is 1. The number of nitrogens with zero attached hydrogens (tertiary/aromatic N) is 1. The van der Waals surface area contributed by atoms with Gasteiger partial charge in [0.25, 0.3) is 0 Å². The molecule has 4 nitrogen and oxygen atoms in total. The minimum atomic E-state index is -3.01. The fourth-order valence-electron chi connectivity index (χ4n) is 3.10. The summed E-state index contributed by atoms with van der Waals surface area (Å²) in [5.41, 5.74) is 2.23. The van der Waals surface area contributed by atoms with Crippen LogP contribution >= 0.6 is 0 Å². The number of carbonyl (C=O) groups excluding carboxylic acids is 1. The lowest BCUT2D eigenvalue weighted by atomic mass is 9.80. The zero-order valence-electron chi connectivity index (χ0n) is 13.6. The fraction of sp³-hybridized carbons (Fsp3) is 0.588. The summed E-state index contributed by atoms with van der Waals surface area (Å²) in [5.74, 6) is 0.0912. The van der Waals surface area contributed by atoms with E-state index in [1.165, 1.54) is 11.8 Å². The molecule has 1 heterocycles. The minimum Gasteiger partial charge on any atom is -0.312 e. The first kappa shape index (κ1) is 17.0. The van der Waals surface area contributed by atoms with Crippen molar-refractivity contribution in [3.05, 3.63) is 29.8 Å². The lowest BCUT2D eigenvalue weighted by Gasteiger charge is -2.27. The number of benzene rings is 1. The predicted octanol–water partition coefficient (Wildman–Crippen LogP) is 2.92. The topological polar surface area (TPSA) is 54.5 Å². The first-order valence-corrected chi connectivity index (χ1v) is 9.84. The summed E-state index contributed by atoms with van der Waals surface area (Å²) in [5, 5.41) is 0. The van der Waals surface area contributed by atoms with E-state index in [1.807, 2.05) is 23.1 Å². The van der Waals surface area contributed by atoms with Crippen LogP contribution in [0.25, 0.3) is 0 Å². The Hall–Kier alpha value is -1.36. The number of carbonyl (C=O) groups is 1. The maximum absolute atomic E-state index is 12.5. The first-order valence-electron chi connectivity index (χ1n) is 7.78. The quantitative estimate of drug-likeness (QED) is 0.856. The van der Waals surface area contributed by atoms with E-state index in [0.29, 0.717) is 13.0 Å². The largest absolute Gasteiger partial charge is 0.312 e. The fourth-order valence-corrected chi connectivity index (χ4v) is 3.76. The Balaban J connectivity index is 2.18. The van der Waals surface area contributed by atoms with Gasteiger partial charge in [0, 0.05) is 24.9 Å². The number of para-hydroxylation sites is 1. The molecule has 0 N–H and O–H groups in total. The van der Waals surface area contributed by atoms with Crippen molar-refractivity contribution < 1.29 is 13.2 Å². The standard InChI is InChI=1S/C17H25NO3S/c1-17(2)11-7-12-18(15-9-5-4-8-14(15)17)16(19)10-6-13-22(3,20)21/h4-5,8-9H,6-7,10-13H2,1-3H3. The van der Waals surface area contributed by atoms with Crippen molar-refractivity contribution in [1.82, 2.24) is 0 Å². The van der Waals surface area contributed by atoms with E-state index in [0.717, 1.165) is 18.5 Å². The first-order chi connectivity index (χ1) is 10.2. The van der Waals surface area contributed by atoms with Gasteiger partial charge in [0.1, 0.15) is 9.84 Å². The Morgan fingerprint density at radius 2 is 1.95 bits per heavy atom. The highest BCUT2D eigenvalue weighted by Gasteiger charge is 2.30. The molecule has 0 fully saturated rings. The highest BCUT2D eigenvalue weighted by Crippen LogP contribution is 2.38. The predicted molar refractivity (Wildman–Crippen MR) is 90.0 cm³/mol. The van der Waals surface area contributed by atoms with Gasteiger partial charge >= 0.3 is 0 Å². The Kier molecular flexibility index (Phi) is 4.95. The van der Waals surface area contributed by atoms with Crippen molar-refractivity contribution in [2.45, 2.75) is 44.9 Å². The Morgan fingerprint density at radius 3 is 2.64 bits per heavy atom. The van der Waals surface area contributed by atoms with E-state index < -0.39 is 9.84 Å². The van der Waals surface area contributed by atoms with Gasteiger partial charge in [-0.2, -0.15) is 0 Å². The lowest BCUT2D eigenvalue weighted by molar-refractivity contribution is -0.118. The van der Waals surface area contributed by atoms with E-state index in [-0.39, 0.29) is 23.5 Å². The highest BCUT2D eigenvalue weighted by atomic mass is 32.2. The van der Waals surface area contributed by atoms with Crippen LogP contribution in [0.2, 0.25) is 0 Å². The molecule has 1 aliphatic heterocycles. The van der Waals surface area contributed by atoms with Crippen LogP contribution in [0.15, 0.2) is 24.3 Å². The van der Waals surface area contributed by atoms with Gasteiger partial charge in [0.15, 0.2) is 0 Å². The SMILES string of the molecule is CC1(C)CCCN(C(=O)CCCS(C)(=O)=O)c2ccccc21. The van der Waals surface area contributed by atoms with Crippen molar-refractivity contribution in [2.75, 3.05) is 23.5 Å². The van der Waals surface area contributed by atoms with Gasteiger partial charge in [0.05, 0.1) is 5.75 Å². The van der Waals surface area contributed by atoms with Gasteiger partial charge in [-0.25, -0.2) is 8.42 Å². The van der Waals surface area contributed by atoms with Crippen LogP contribution in [0.1, 0.15) is 45.1 Å². The molecule has 0 radical (unpaired) electrons. The van der Waals surface area contributed by atoms with Gasteiger partial charge < -0.3 is 4.90 Å². The second-order valence-corrected chi connectivity index (χ2v) is 9.04. The third-order valence-electron chi connectivity index (χ3n) is 4.31. The molecule has 122 valence electrons. The Labute approximate surface area is 133 Å². The zero-order chi connectivity index (χ0) is 16.4. The molecule has 0 saturated heterocycles. The number of hydrogen-bond acceptors (Lipinski definition) is 3. The minimum absolute atomic E-state index is 0.0220. The van der Waals surface area contributed by atoms with E-state index in [9.17, 15) is 13.2 Å². The molecule has 22 heavy (non-hydrogen) atoms. The number of anilines is 1. The summed E-state index contributed by atoms with van der Waals surface area (Å²) in [6.07, 6.45) is 3.87. The van der Waals surface area contributed by atoms with E-state index in [2.05, 4.69) is 19.9 Å². The number of rotatable bonds is 4. The molecule has 0 bridgehead atoms. The molecular formula is C17H25NO3S. The van der Waals surface area contributed by atoms with Crippen LogP contribution in [0, 0.1) is 0 Å². The average Bonchev–Trinajstić information content (AvgIpc) is 2.54. The van der Waals surface area contributed by atoms with Crippen LogP contribution < -0.4 is 4.90 Å². The average molecular weight is 323 g/mol. The summed E-state index contributed by atoms with van der Waals surface area (Å²) >= 11 is 0. The molecular weight excluding hydrogens is 298 g/mol. The van der Waals surface area contributed by atoms with E-state index in [1.54, 1.807) is 0 Å². The summed E-state index contributed by atoms with van der Waals surface area (Å²) in [6.45, 7) is 5.13. The van der Waals surface area contributed by atoms with Crippen molar-refractivity contribution >= 4 is 21.4 Å². The van der Waals surface area contributed by atoms with Gasteiger partial charge in [-0.3, -0.25) is 4.79 Å². The molecule has 0 aromatic heterocycles. The molecule has 0 saturated carbocycles. The molecule has 2 rings (SSSR count). The number of hydrogen-bond donors (Lipinski definition) is 0. The van der Waals surface area contributed by atoms with Gasteiger partial charge in [-0.15, -0.1) is 0 Å². The second kappa shape index (κ2) is 6.41. The van der Waals surface area contributed by atoms with Gasteiger partial charge in [-0.1, -0.05) is 32.0 Å². The van der Waals surface area contributed by atoms with Crippen LogP contribution in [-0.2, 0) is 20.0 Å². The monoisotopic (exact) mass is 323 g/mol. The molecule has 0 unspecified atom stereocenters. The maximum Gasteiger partial charge on any atom is 0.227 e. The van der Waals surface area contributed by atoms with Crippen LogP contribution in [0.4, 0.5) is 5.69 Å². The van der Waals surface area contributed by atoms with Crippen LogP contribution in [-0.4, -0.2) is 32.9 Å². The highest BCUT2D eigenvalue weighted by molar-refractivity contribution is 7.90. The smallest absolute Gasteiger partial charge is 0.227 e. The van der Waals surface area contributed by atoms with Crippen LogP contribution in [0.5, 0.6) is 0 Å². The van der Waals surface area contributed by atoms with Crippen molar-refractivity contribution in [3.63, 3.8) is 0 Å².